The maximum atomic E-state index is 11.3. The van der Waals surface area contributed by atoms with Crippen LogP contribution in [-0.2, 0) is 5.60 Å². The highest BCUT2D eigenvalue weighted by atomic mass is 16.5. The van der Waals surface area contributed by atoms with Crippen LogP contribution >= 0.6 is 0 Å². The second-order valence-corrected chi connectivity index (χ2v) is 7.86. The van der Waals surface area contributed by atoms with Gasteiger partial charge >= 0.3 is 0 Å². The minimum absolute atomic E-state index is 0.0679. The molecule has 154 valence electrons. The lowest BCUT2D eigenvalue weighted by Crippen LogP contribution is -2.53. The maximum absolute atomic E-state index is 11.3. The monoisotopic (exact) mass is 411 g/mol. The number of nitrogens with two attached hydrogens (primary N) is 1. The second-order valence-electron chi connectivity index (χ2n) is 7.86. The zero-order chi connectivity index (χ0) is 21.6. The van der Waals surface area contributed by atoms with E-state index >= 15 is 0 Å². The Kier molecular flexibility index (Phi) is 4.37. The number of hydrogen-bond acceptors (Lipinski definition) is 5. The second kappa shape index (κ2) is 6.99. The van der Waals surface area contributed by atoms with Crippen LogP contribution in [0.3, 0.4) is 0 Å². The van der Waals surface area contributed by atoms with Crippen molar-refractivity contribution >= 4 is 12.1 Å². The number of benzene rings is 2. The first-order chi connectivity index (χ1) is 14.9. The molecule has 0 aromatic heterocycles. The van der Waals surface area contributed by atoms with Crippen molar-refractivity contribution in [3.8, 4) is 5.75 Å². The minimum Gasteiger partial charge on any atom is -0.496 e. The van der Waals surface area contributed by atoms with Crippen molar-refractivity contribution in [1.82, 2.24) is 0 Å². The molecular formula is C25H23N4O2+. The van der Waals surface area contributed by atoms with Crippen LogP contribution in [0.2, 0.25) is 0 Å². The van der Waals surface area contributed by atoms with Crippen molar-refractivity contribution < 1.29 is 14.4 Å². The third-order valence-corrected chi connectivity index (χ3v) is 5.94. The fourth-order valence-electron chi connectivity index (χ4n) is 4.09. The van der Waals surface area contributed by atoms with Gasteiger partial charge in [0.1, 0.15) is 23.2 Å². The lowest BCUT2D eigenvalue weighted by Gasteiger charge is -2.28. The largest absolute Gasteiger partial charge is 0.496 e. The Morgan fingerprint density at radius 3 is 2.58 bits per heavy atom. The standard InChI is InChI=1S/C25H23N4O2/c1-25(30,19-9-4-3-5-10-19)20-12-11-18(15-22(20)31-2)24-28-23(17-7-6-8-17)21-16-27-13-14-29(21,24)26/h3-16,30H,26H2,1-2H3/q+1. The van der Waals surface area contributed by atoms with Crippen molar-refractivity contribution in [2.24, 2.45) is 15.8 Å². The number of hydrogen-bond donors (Lipinski definition) is 2. The molecule has 0 spiro atoms. The van der Waals surface area contributed by atoms with Gasteiger partial charge in [-0.05, 0) is 24.6 Å². The van der Waals surface area contributed by atoms with E-state index in [1.165, 1.54) is 0 Å². The number of aliphatic hydroxyl groups is 1. The van der Waals surface area contributed by atoms with Gasteiger partial charge in [0.05, 0.1) is 25.1 Å². The number of allylic oxidation sites excluding steroid dienone is 4. The highest BCUT2D eigenvalue weighted by Crippen LogP contribution is 2.39. The van der Waals surface area contributed by atoms with Gasteiger partial charge in [-0.15, -0.1) is 4.59 Å². The van der Waals surface area contributed by atoms with Crippen LogP contribution in [0.15, 0.2) is 106 Å². The van der Waals surface area contributed by atoms with E-state index in [4.69, 9.17) is 15.6 Å². The summed E-state index contributed by atoms with van der Waals surface area (Å²) in [5.41, 5.74) is 3.69. The highest BCUT2D eigenvalue weighted by molar-refractivity contribution is 6.01. The van der Waals surface area contributed by atoms with Gasteiger partial charge in [-0.2, -0.15) is 10.8 Å². The van der Waals surface area contributed by atoms with Gasteiger partial charge in [0.25, 0.3) is 5.84 Å². The Morgan fingerprint density at radius 2 is 1.90 bits per heavy atom. The van der Waals surface area contributed by atoms with Crippen molar-refractivity contribution in [2.45, 2.75) is 12.5 Å². The molecule has 0 saturated carbocycles. The summed E-state index contributed by atoms with van der Waals surface area (Å²) in [5.74, 6) is 8.01. The molecule has 2 heterocycles. The van der Waals surface area contributed by atoms with Gasteiger partial charge in [-0.25, -0.2) is 0 Å². The molecule has 0 fully saturated rings. The molecular weight excluding hydrogens is 388 g/mol. The van der Waals surface area contributed by atoms with E-state index in [0.717, 1.165) is 28.1 Å². The lowest BCUT2D eigenvalue weighted by molar-refractivity contribution is -0.750. The summed E-state index contributed by atoms with van der Waals surface area (Å²) >= 11 is 0. The van der Waals surface area contributed by atoms with Gasteiger partial charge in [-0.1, -0.05) is 54.6 Å². The fourth-order valence-corrected chi connectivity index (χ4v) is 4.09. The summed E-state index contributed by atoms with van der Waals surface area (Å²) in [4.78, 5) is 9.14. The summed E-state index contributed by atoms with van der Waals surface area (Å²) in [6.07, 6.45) is 11.2. The zero-order valence-electron chi connectivity index (χ0n) is 17.4. The van der Waals surface area contributed by atoms with E-state index in [9.17, 15) is 5.11 Å². The lowest BCUT2D eigenvalue weighted by atomic mass is 9.87. The van der Waals surface area contributed by atoms with Crippen LogP contribution in [0.25, 0.3) is 0 Å². The van der Waals surface area contributed by atoms with Gasteiger partial charge in [-0.3, -0.25) is 4.99 Å². The average molecular weight is 411 g/mol. The van der Waals surface area contributed by atoms with Gasteiger partial charge in [0.15, 0.2) is 0 Å². The van der Waals surface area contributed by atoms with Gasteiger partial charge < -0.3 is 9.84 Å². The van der Waals surface area contributed by atoms with Crippen LogP contribution in [-0.4, -0.2) is 28.9 Å². The molecule has 6 heteroatoms. The average Bonchev–Trinajstić information content (AvgIpc) is 3.05. The Labute approximate surface area is 180 Å². The number of aliphatic imine (C=N–C) groups is 2. The Hall–Kier alpha value is -3.58. The van der Waals surface area contributed by atoms with Crippen molar-refractivity contribution in [2.75, 3.05) is 7.11 Å². The molecule has 2 aliphatic heterocycles. The molecule has 31 heavy (non-hydrogen) atoms. The molecule has 1 aliphatic carbocycles. The Balaban J connectivity index is 1.60. The van der Waals surface area contributed by atoms with E-state index in [-0.39, 0.29) is 4.59 Å². The van der Waals surface area contributed by atoms with Gasteiger partial charge in [0.2, 0.25) is 5.70 Å². The third-order valence-electron chi connectivity index (χ3n) is 5.94. The number of fused-ring (bicyclic) bond motifs is 1. The SMILES string of the molecule is COc1cc(C2=NC(C3=CC=C3)=C3C=NC=C[N+]23N)ccc1C(C)(O)c1ccccc1. The van der Waals surface area contributed by atoms with Crippen molar-refractivity contribution in [1.29, 1.82) is 0 Å². The molecule has 3 aliphatic rings. The molecule has 2 aromatic rings. The number of rotatable bonds is 5. The van der Waals surface area contributed by atoms with Crippen LogP contribution in [0.1, 0.15) is 23.6 Å². The summed E-state index contributed by atoms with van der Waals surface area (Å²) in [6.45, 7) is 1.76. The van der Waals surface area contributed by atoms with E-state index in [1.54, 1.807) is 26.4 Å². The molecule has 0 bridgehead atoms. The molecule has 5 rings (SSSR count). The molecule has 2 unspecified atom stereocenters. The summed E-state index contributed by atoms with van der Waals surface area (Å²) in [7, 11) is 1.60. The highest BCUT2D eigenvalue weighted by Gasteiger charge is 2.45. The number of ether oxygens (including phenoxy) is 1. The first-order valence-electron chi connectivity index (χ1n) is 10.0. The van der Waals surface area contributed by atoms with Crippen molar-refractivity contribution in [3.63, 3.8) is 0 Å². The van der Waals surface area contributed by atoms with Crippen LogP contribution < -0.4 is 10.6 Å². The number of nitrogens with zero attached hydrogens (tertiary/aromatic N) is 3. The number of quaternary nitrogens is 1. The predicted octanol–water partition coefficient (Wildman–Crippen LogP) is 3.67. The topological polar surface area (TPSA) is 80.2 Å². The minimum atomic E-state index is -1.22. The number of methoxy groups -OCH3 is 1. The van der Waals surface area contributed by atoms with Crippen LogP contribution in [0.4, 0.5) is 0 Å². The smallest absolute Gasteiger partial charge is 0.265 e. The van der Waals surface area contributed by atoms with E-state index in [2.05, 4.69) is 4.99 Å². The molecule has 2 atom stereocenters. The van der Waals surface area contributed by atoms with Gasteiger partial charge in [0, 0.05) is 11.1 Å². The molecule has 0 amide bonds. The Morgan fingerprint density at radius 1 is 1.13 bits per heavy atom. The summed E-state index contributed by atoms with van der Waals surface area (Å²) < 4.78 is 5.62. The predicted molar refractivity (Wildman–Crippen MR) is 121 cm³/mol. The van der Waals surface area contributed by atoms with E-state index in [0.29, 0.717) is 17.1 Å². The maximum Gasteiger partial charge on any atom is 0.265 e. The first-order valence-corrected chi connectivity index (χ1v) is 10.0. The van der Waals surface area contributed by atoms with Crippen molar-refractivity contribution in [3.05, 3.63) is 113 Å². The number of amidine groups is 1. The molecule has 0 radical (unpaired) electrons. The Bertz CT molecular complexity index is 1250. The normalized spacial score (nSPS) is 23.1. The van der Waals surface area contributed by atoms with Crippen LogP contribution in [0.5, 0.6) is 5.75 Å². The summed E-state index contributed by atoms with van der Waals surface area (Å²) in [5, 5.41) is 11.3. The quantitative estimate of drug-likeness (QED) is 0.582. The van der Waals surface area contributed by atoms with Crippen LogP contribution in [0, 0.1) is 0 Å². The molecule has 0 saturated heterocycles. The third kappa shape index (κ3) is 2.92. The zero-order valence-corrected chi connectivity index (χ0v) is 17.4. The molecule has 3 N–H and O–H groups in total. The molecule has 2 aromatic carbocycles. The first kappa shape index (κ1) is 19.4. The van der Waals surface area contributed by atoms with E-state index in [1.807, 2.05) is 73.0 Å². The summed E-state index contributed by atoms with van der Waals surface area (Å²) in [6, 6.07) is 15.2. The van der Waals surface area contributed by atoms with E-state index < -0.39 is 5.60 Å². The fraction of sp³-hybridized carbons (Fsp3) is 0.120. The molecule has 6 nitrogen and oxygen atoms in total.